The topological polar surface area (TPSA) is 49.4 Å². The maximum absolute atomic E-state index is 12.7. The van der Waals surface area contributed by atoms with Crippen molar-refractivity contribution in [3.63, 3.8) is 0 Å². The number of amides is 2. The summed E-state index contributed by atoms with van der Waals surface area (Å²) in [5.41, 5.74) is 2.12. The zero-order valence-electron chi connectivity index (χ0n) is 15.3. The predicted molar refractivity (Wildman–Crippen MR) is 107 cm³/mol. The van der Waals surface area contributed by atoms with Crippen molar-refractivity contribution in [2.45, 2.75) is 38.6 Å². The van der Waals surface area contributed by atoms with Gasteiger partial charge in [-0.1, -0.05) is 42.5 Å². The number of carbonyl (C=O) groups is 2. The molecule has 2 aliphatic rings. The van der Waals surface area contributed by atoms with E-state index in [9.17, 15) is 9.59 Å². The Kier molecular flexibility index (Phi) is 5.12. The summed E-state index contributed by atoms with van der Waals surface area (Å²) in [5, 5.41) is 5.05. The average Bonchev–Trinajstić information content (AvgIpc) is 3.24. The minimum absolute atomic E-state index is 0.0178. The van der Waals surface area contributed by atoms with E-state index in [-0.39, 0.29) is 17.2 Å². The van der Waals surface area contributed by atoms with Gasteiger partial charge in [0.05, 0.1) is 11.4 Å². The first kappa shape index (κ1) is 18.0. The molecule has 1 aliphatic heterocycles. The molecule has 1 fully saturated rings. The number of fused-ring (bicyclic) bond motifs is 1. The van der Waals surface area contributed by atoms with Crippen LogP contribution in [0.25, 0.3) is 0 Å². The Morgan fingerprint density at radius 2 is 2.00 bits per heavy atom. The maximum atomic E-state index is 12.7. The number of nitrogens with one attached hydrogen (secondary N) is 1. The van der Waals surface area contributed by atoms with Crippen molar-refractivity contribution in [1.82, 2.24) is 10.2 Å². The monoisotopic (exact) mass is 380 g/mol. The van der Waals surface area contributed by atoms with Crippen LogP contribution in [0.15, 0.2) is 59.6 Å². The number of hydrogen-bond acceptors (Lipinski definition) is 3. The third-order valence-corrected chi connectivity index (χ3v) is 6.53. The van der Waals surface area contributed by atoms with Crippen LogP contribution in [0.3, 0.4) is 0 Å². The highest BCUT2D eigenvalue weighted by Gasteiger charge is 2.44. The summed E-state index contributed by atoms with van der Waals surface area (Å²) in [6.07, 6.45) is 6.69. The Morgan fingerprint density at radius 1 is 1.15 bits per heavy atom. The highest BCUT2D eigenvalue weighted by atomic mass is 32.1. The second kappa shape index (κ2) is 7.69. The fourth-order valence-electron chi connectivity index (χ4n) is 4.24. The predicted octanol–water partition coefficient (Wildman–Crippen LogP) is 4.35. The molecule has 1 aliphatic carbocycles. The van der Waals surface area contributed by atoms with Crippen molar-refractivity contribution in [2.24, 2.45) is 5.41 Å². The molecule has 1 atom stereocenters. The first-order chi connectivity index (χ1) is 13.2. The quantitative estimate of drug-likeness (QED) is 0.838. The molecule has 0 spiro atoms. The molecule has 0 saturated carbocycles. The average molecular weight is 381 g/mol. The largest absolute Gasteiger partial charge is 0.350 e. The number of likely N-dealkylation sites (tertiary alicyclic amines) is 1. The number of nitrogens with zero attached hydrogens (tertiary/aromatic N) is 1. The van der Waals surface area contributed by atoms with Crippen LogP contribution in [0.2, 0.25) is 0 Å². The SMILES string of the molecule is O=C(NCC12CCCC=C1N(Cc1ccccc1)C(=O)CC2)c1cccs1. The fourth-order valence-corrected chi connectivity index (χ4v) is 4.88. The van der Waals surface area contributed by atoms with Crippen molar-refractivity contribution in [3.8, 4) is 0 Å². The first-order valence-corrected chi connectivity index (χ1v) is 10.4. The molecule has 140 valence electrons. The molecule has 0 radical (unpaired) electrons. The Morgan fingerprint density at radius 3 is 2.78 bits per heavy atom. The molecule has 2 aromatic rings. The van der Waals surface area contributed by atoms with Crippen LogP contribution in [0.4, 0.5) is 0 Å². The summed E-state index contributed by atoms with van der Waals surface area (Å²) in [4.78, 5) is 27.9. The van der Waals surface area contributed by atoms with Crippen LogP contribution >= 0.6 is 11.3 Å². The molecule has 1 aromatic carbocycles. The van der Waals surface area contributed by atoms with Gasteiger partial charge in [-0.05, 0) is 42.7 Å². The van der Waals surface area contributed by atoms with Gasteiger partial charge in [-0.25, -0.2) is 0 Å². The molecule has 4 rings (SSSR count). The summed E-state index contributed by atoms with van der Waals surface area (Å²) >= 11 is 1.46. The number of piperidine rings is 1. The lowest BCUT2D eigenvalue weighted by Gasteiger charge is -2.47. The zero-order valence-corrected chi connectivity index (χ0v) is 16.1. The lowest BCUT2D eigenvalue weighted by molar-refractivity contribution is -0.134. The van der Waals surface area contributed by atoms with E-state index in [1.807, 2.05) is 40.6 Å². The van der Waals surface area contributed by atoms with Gasteiger partial charge in [0.15, 0.2) is 0 Å². The van der Waals surface area contributed by atoms with E-state index in [2.05, 4.69) is 23.5 Å². The van der Waals surface area contributed by atoms with Gasteiger partial charge < -0.3 is 10.2 Å². The van der Waals surface area contributed by atoms with Gasteiger partial charge in [0.25, 0.3) is 5.91 Å². The third-order valence-electron chi connectivity index (χ3n) is 5.67. The zero-order chi connectivity index (χ0) is 18.7. The Balaban J connectivity index is 1.55. The highest BCUT2D eigenvalue weighted by Crippen LogP contribution is 2.46. The van der Waals surface area contributed by atoms with E-state index in [4.69, 9.17) is 0 Å². The molecular weight excluding hydrogens is 356 g/mol. The number of hydrogen-bond donors (Lipinski definition) is 1. The van der Waals surface area contributed by atoms with Gasteiger partial charge >= 0.3 is 0 Å². The van der Waals surface area contributed by atoms with E-state index >= 15 is 0 Å². The Hall–Kier alpha value is -2.40. The smallest absolute Gasteiger partial charge is 0.261 e. The van der Waals surface area contributed by atoms with Crippen LogP contribution in [-0.2, 0) is 11.3 Å². The van der Waals surface area contributed by atoms with Gasteiger partial charge in [0.2, 0.25) is 5.91 Å². The first-order valence-electron chi connectivity index (χ1n) is 9.55. The molecule has 1 unspecified atom stereocenters. The van der Waals surface area contributed by atoms with Crippen molar-refractivity contribution in [2.75, 3.05) is 6.54 Å². The van der Waals surface area contributed by atoms with Gasteiger partial charge in [0.1, 0.15) is 0 Å². The molecular formula is C22H24N2O2S. The minimum Gasteiger partial charge on any atom is -0.350 e. The van der Waals surface area contributed by atoms with Crippen LogP contribution in [0.5, 0.6) is 0 Å². The molecule has 1 N–H and O–H groups in total. The van der Waals surface area contributed by atoms with Crippen molar-refractivity contribution in [3.05, 3.63) is 70.1 Å². The summed E-state index contributed by atoms with van der Waals surface area (Å²) in [7, 11) is 0. The van der Waals surface area contributed by atoms with E-state index in [0.717, 1.165) is 41.8 Å². The van der Waals surface area contributed by atoms with Crippen molar-refractivity contribution in [1.29, 1.82) is 0 Å². The number of thiophene rings is 1. The van der Waals surface area contributed by atoms with Crippen LogP contribution in [-0.4, -0.2) is 23.3 Å². The van der Waals surface area contributed by atoms with Gasteiger partial charge in [-0.15, -0.1) is 11.3 Å². The second-order valence-electron chi connectivity index (χ2n) is 7.39. The summed E-state index contributed by atoms with van der Waals surface area (Å²) < 4.78 is 0. The normalized spacial score (nSPS) is 22.1. The molecule has 2 amide bonds. The van der Waals surface area contributed by atoms with E-state index in [1.54, 1.807) is 0 Å². The van der Waals surface area contributed by atoms with Gasteiger partial charge in [-0.3, -0.25) is 9.59 Å². The summed E-state index contributed by atoms with van der Waals surface area (Å²) in [6.45, 7) is 1.19. The van der Waals surface area contributed by atoms with Crippen LogP contribution in [0, 0.1) is 5.41 Å². The van der Waals surface area contributed by atoms with Crippen molar-refractivity contribution >= 4 is 23.2 Å². The standard InChI is InChI=1S/C22H24N2O2S/c25-20-11-13-22(16-23-21(26)18-9-6-14-27-18)12-5-4-10-19(22)24(20)15-17-7-2-1-3-8-17/h1-3,6-10,14H,4-5,11-13,15-16H2,(H,23,26). The highest BCUT2D eigenvalue weighted by molar-refractivity contribution is 7.12. The van der Waals surface area contributed by atoms with Gasteiger partial charge in [0, 0.05) is 24.1 Å². The lowest BCUT2D eigenvalue weighted by atomic mass is 9.69. The molecule has 1 saturated heterocycles. The second-order valence-corrected chi connectivity index (χ2v) is 8.34. The molecule has 2 heterocycles. The van der Waals surface area contributed by atoms with E-state index in [0.29, 0.717) is 19.5 Å². The summed E-state index contributed by atoms with van der Waals surface area (Å²) in [6, 6.07) is 13.9. The van der Waals surface area contributed by atoms with Crippen LogP contribution < -0.4 is 5.32 Å². The molecule has 1 aromatic heterocycles. The molecule has 0 bridgehead atoms. The number of benzene rings is 1. The third kappa shape index (κ3) is 3.69. The van der Waals surface area contributed by atoms with E-state index < -0.39 is 0 Å². The Bertz CT molecular complexity index is 844. The summed E-state index contributed by atoms with van der Waals surface area (Å²) in [5.74, 6) is 0.169. The minimum atomic E-state index is -0.131. The van der Waals surface area contributed by atoms with Crippen molar-refractivity contribution < 1.29 is 9.59 Å². The van der Waals surface area contributed by atoms with Gasteiger partial charge in [-0.2, -0.15) is 0 Å². The van der Waals surface area contributed by atoms with Crippen LogP contribution in [0.1, 0.15) is 47.3 Å². The molecule has 27 heavy (non-hydrogen) atoms. The lowest BCUT2D eigenvalue weighted by Crippen LogP contribution is -2.50. The number of rotatable bonds is 5. The number of carbonyl (C=O) groups excluding carboxylic acids is 2. The molecule has 4 nitrogen and oxygen atoms in total. The maximum Gasteiger partial charge on any atom is 0.261 e. The number of allylic oxidation sites excluding steroid dienone is 1. The molecule has 5 heteroatoms. The van der Waals surface area contributed by atoms with E-state index in [1.165, 1.54) is 11.3 Å². The fraction of sp³-hybridized carbons (Fsp3) is 0.364. The Labute approximate surface area is 163 Å².